The van der Waals surface area contributed by atoms with Crippen molar-refractivity contribution in [2.75, 3.05) is 0 Å². The number of furan rings is 1. The van der Waals surface area contributed by atoms with Gasteiger partial charge in [-0.25, -0.2) is 4.79 Å². The predicted molar refractivity (Wildman–Crippen MR) is 104 cm³/mol. The van der Waals surface area contributed by atoms with Crippen LogP contribution in [0.1, 0.15) is 22.7 Å². The summed E-state index contributed by atoms with van der Waals surface area (Å²) in [6.07, 6.45) is 6.36. The molecular weight excluding hydrogens is 372 g/mol. The summed E-state index contributed by atoms with van der Waals surface area (Å²) in [7, 11) is 0. The van der Waals surface area contributed by atoms with Crippen molar-refractivity contribution in [3.63, 3.8) is 0 Å². The number of rotatable bonds is 4. The third-order valence-electron chi connectivity index (χ3n) is 4.77. The Bertz CT molecular complexity index is 1130. The fourth-order valence-corrected chi connectivity index (χ4v) is 3.38. The van der Waals surface area contributed by atoms with Crippen molar-refractivity contribution in [2.24, 2.45) is 0 Å². The minimum atomic E-state index is -0.768. The molecule has 1 N–H and O–H groups in total. The third kappa shape index (κ3) is 3.36. The van der Waals surface area contributed by atoms with E-state index in [1.807, 2.05) is 36.6 Å². The molecule has 1 fully saturated rings. The van der Waals surface area contributed by atoms with Crippen molar-refractivity contribution >= 4 is 23.9 Å². The zero-order valence-corrected chi connectivity index (χ0v) is 15.9. The Morgan fingerprint density at radius 3 is 2.59 bits per heavy atom. The monoisotopic (exact) mass is 390 g/mol. The fourth-order valence-electron chi connectivity index (χ4n) is 3.38. The molecule has 0 saturated carbocycles. The van der Waals surface area contributed by atoms with Gasteiger partial charge in [-0.05, 0) is 55.8 Å². The minimum absolute atomic E-state index is 0.0572. The van der Waals surface area contributed by atoms with E-state index < -0.39 is 17.8 Å². The largest absolute Gasteiger partial charge is 0.467 e. The predicted octanol–water partition coefficient (Wildman–Crippen LogP) is 2.74. The summed E-state index contributed by atoms with van der Waals surface area (Å²) in [6, 6.07) is 8.19. The Balaban J connectivity index is 1.71. The standard InChI is InChI=1S/C21H18N4O4/c1-13-10-15(14(2)25(13)16-5-7-22-8-6-16)11-18-19(26)23-21(28)24(20(18)27)12-17-4-3-9-29-17/h3-11H,12H2,1-2H3,(H,23,26,28)/b18-11+. The summed E-state index contributed by atoms with van der Waals surface area (Å²) < 4.78 is 7.22. The lowest BCUT2D eigenvalue weighted by Crippen LogP contribution is -2.53. The zero-order chi connectivity index (χ0) is 20.5. The molecule has 4 amide bonds. The highest BCUT2D eigenvalue weighted by Gasteiger charge is 2.36. The van der Waals surface area contributed by atoms with Crippen molar-refractivity contribution in [3.05, 3.63) is 77.3 Å². The van der Waals surface area contributed by atoms with Crippen molar-refractivity contribution in [3.8, 4) is 5.69 Å². The number of carbonyl (C=O) groups is 3. The van der Waals surface area contributed by atoms with Crippen LogP contribution in [-0.2, 0) is 16.1 Å². The first-order valence-corrected chi connectivity index (χ1v) is 8.96. The molecule has 0 radical (unpaired) electrons. The molecule has 0 unspecified atom stereocenters. The number of urea groups is 1. The van der Waals surface area contributed by atoms with Crippen LogP contribution in [0, 0.1) is 13.8 Å². The SMILES string of the molecule is Cc1cc(/C=C2\C(=O)NC(=O)N(Cc3ccco3)C2=O)c(C)n1-c1ccncc1. The molecule has 0 spiro atoms. The van der Waals surface area contributed by atoms with E-state index in [9.17, 15) is 14.4 Å². The summed E-state index contributed by atoms with van der Waals surface area (Å²) in [5.41, 5.74) is 3.33. The maximum atomic E-state index is 12.9. The molecule has 0 atom stereocenters. The van der Waals surface area contributed by atoms with Crippen molar-refractivity contribution in [1.82, 2.24) is 19.8 Å². The number of nitrogens with zero attached hydrogens (tertiary/aromatic N) is 3. The van der Waals surface area contributed by atoms with E-state index in [4.69, 9.17) is 4.42 Å². The van der Waals surface area contributed by atoms with E-state index in [0.29, 0.717) is 11.3 Å². The average Bonchev–Trinajstić information content (AvgIpc) is 3.30. The van der Waals surface area contributed by atoms with Crippen LogP contribution in [0.5, 0.6) is 0 Å². The summed E-state index contributed by atoms with van der Waals surface area (Å²) in [5.74, 6) is -0.939. The van der Waals surface area contributed by atoms with E-state index in [-0.39, 0.29) is 12.1 Å². The smallest absolute Gasteiger partial charge is 0.331 e. The maximum Gasteiger partial charge on any atom is 0.331 e. The highest BCUT2D eigenvalue weighted by molar-refractivity contribution is 6.31. The summed E-state index contributed by atoms with van der Waals surface area (Å²) in [4.78, 5) is 42.3. The number of pyridine rings is 1. The summed E-state index contributed by atoms with van der Waals surface area (Å²) in [5, 5.41) is 2.22. The van der Waals surface area contributed by atoms with Gasteiger partial charge in [0.2, 0.25) is 0 Å². The molecule has 3 aromatic rings. The Morgan fingerprint density at radius 1 is 1.14 bits per heavy atom. The van der Waals surface area contributed by atoms with Gasteiger partial charge in [0.25, 0.3) is 11.8 Å². The van der Waals surface area contributed by atoms with E-state index in [1.54, 1.807) is 24.5 Å². The Kier molecular flexibility index (Phi) is 4.59. The van der Waals surface area contributed by atoms with Crippen LogP contribution in [0.2, 0.25) is 0 Å². The molecule has 4 heterocycles. The molecule has 29 heavy (non-hydrogen) atoms. The molecule has 1 aliphatic rings. The van der Waals surface area contributed by atoms with Crippen LogP contribution in [0.15, 0.2) is 59.0 Å². The van der Waals surface area contributed by atoms with Crippen molar-refractivity contribution < 1.29 is 18.8 Å². The van der Waals surface area contributed by atoms with Gasteiger partial charge in [0, 0.05) is 29.5 Å². The van der Waals surface area contributed by atoms with Gasteiger partial charge in [0.15, 0.2) is 0 Å². The van der Waals surface area contributed by atoms with E-state index in [1.165, 1.54) is 12.3 Å². The van der Waals surface area contributed by atoms with Crippen molar-refractivity contribution in [2.45, 2.75) is 20.4 Å². The van der Waals surface area contributed by atoms with Gasteiger partial charge in [-0.15, -0.1) is 0 Å². The summed E-state index contributed by atoms with van der Waals surface area (Å²) >= 11 is 0. The molecule has 4 rings (SSSR count). The van der Waals surface area contributed by atoms with Gasteiger partial charge in [0.1, 0.15) is 11.3 Å². The Hall–Kier alpha value is -3.94. The second-order valence-corrected chi connectivity index (χ2v) is 6.66. The van der Waals surface area contributed by atoms with Crippen LogP contribution < -0.4 is 5.32 Å². The van der Waals surface area contributed by atoms with Gasteiger partial charge in [-0.2, -0.15) is 0 Å². The lowest BCUT2D eigenvalue weighted by molar-refractivity contribution is -0.130. The molecule has 146 valence electrons. The number of carbonyl (C=O) groups excluding carboxylic acids is 3. The van der Waals surface area contributed by atoms with Crippen molar-refractivity contribution in [1.29, 1.82) is 0 Å². The number of imide groups is 2. The number of nitrogens with one attached hydrogen (secondary N) is 1. The number of hydrogen-bond acceptors (Lipinski definition) is 5. The lowest BCUT2D eigenvalue weighted by Gasteiger charge is -2.25. The number of hydrogen-bond donors (Lipinski definition) is 1. The minimum Gasteiger partial charge on any atom is -0.467 e. The molecule has 3 aromatic heterocycles. The highest BCUT2D eigenvalue weighted by atomic mass is 16.3. The molecule has 1 aliphatic heterocycles. The van der Waals surface area contributed by atoms with Crippen LogP contribution in [0.4, 0.5) is 4.79 Å². The molecular formula is C21H18N4O4. The maximum absolute atomic E-state index is 12.9. The highest BCUT2D eigenvalue weighted by Crippen LogP contribution is 2.24. The van der Waals surface area contributed by atoms with Gasteiger partial charge in [-0.1, -0.05) is 0 Å². The quantitative estimate of drug-likeness (QED) is 0.546. The van der Waals surface area contributed by atoms with Gasteiger partial charge in [-0.3, -0.25) is 24.8 Å². The molecule has 0 bridgehead atoms. The number of barbiturate groups is 1. The first kappa shape index (κ1) is 18.4. The number of aryl methyl sites for hydroxylation is 1. The lowest BCUT2D eigenvalue weighted by atomic mass is 10.1. The molecule has 8 nitrogen and oxygen atoms in total. The average molecular weight is 390 g/mol. The van der Waals surface area contributed by atoms with Crippen LogP contribution >= 0.6 is 0 Å². The van der Waals surface area contributed by atoms with Gasteiger partial charge < -0.3 is 8.98 Å². The topological polar surface area (TPSA) is 97.4 Å². The van der Waals surface area contributed by atoms with E-state index in [0.717, 1.165) is 22.0 Å². The Labute approximate surface area is 166 Å². The van der Waals surface area contributed by atoms with E-state index >= 15 is 0 Å². The third-order valence-corrected chi connectivity index (χ3v) is 4.77. The Morgan fingerprint density at radius 2 is 1.90 bits per heavy atom. The molecule has 1 saturated heterocycles. The molecule has 0 aromatic carbocycles. The number of amides is 4. The van der Waals surface area contributed by atoms with Crippen LogP contribution in [0.3, 0.4) is 0 Å². The second kappa shape index (κ2) is 7.23. The van der Waals surface area contributed by atoms with Gasteiger partial charge in [0.05, 0.1) is 12.8 Å². The fraction of sp³-hybridized carbons (Fsp3) is 0.143. The first-order chi connectivity index (χ1) is 14.0. The second-order valence-electron chi connectivity index (χ2n) is 6.66. The zero-order valence-electron chi connectivity index (χ0n) is 15.9. The molecule has 0 aliphatic carbocycles. The van der Waals surface area contributed by atoms with Crippen LogP contribution in [0.25, 0.3) is 11.8 Å². The summed E-state index contributed by atoms with van der Waals surface area (Å²) in [6.45, 7) is 3.78. The number of aromatic nitrogens is 2. The van der Waals surface area contributed by atoms with E-state index in [2.05, 4.69) is 10.3 Å². The van der Waals surface area contributed by atoms with Crippen LogP contribution in [-0.4, -0.2) is 32.3 Å². The normalized spacial score (nSPS) is 15.9. The molecule has 8 heteroatoms. The first-order valence-electron chi connectivity index (χ1n) is 8.96. The van der Waals surface area contributed by atoms with Gasteiger partial charge >= 0.3 is 6.03 Å².